The van der Waals surface area contributed by atoms with Crippen LogP contribution in [0, 0.1) is 0 Å². The first-order chi connectivity index (χ1) is 13.3. The Bertz CT molecular complexity index is 906. The summed E-state index contributed by atoms with van der Waals surface area (Å²) in [5, 5.41) is 2.85. The van der Waals surface area contributed by atoms with Gasteiger partial charge in [-0.25, -0.2) is 4.98 Å². The van der Waals surface area contributed by atoms with Crippen LogP contribution in [0.1, 0.15) is 5.56 Å². The molecule has 3 aromatic rings. The zero-order chi connectivity index (χ0) is 20.1. The van der Waals surface area contributed by atoms with E-state index in [0.29, 0.717) is 23.8 Å². The van der Waals surface area contributed by atoms with E-state index in [2.05, 4.69) is 10.3 Å². The molecular weight excluding hydrogens is 371 g/mol. The Kier molecular flexibility index (Phi) is 5.89. The van der Waals surface area contributed by atoms with Crippen LogP contribution in [0.4, 0.5) is 24.9 Å². The fraction of sp³-hybridized carbons (Fsp3) is 0.250. The van der Waals surface area contributed by atoms with Crippen LogP contribution in [-0.4, -0.2) is 37.1 Å². The molecule has 1 aromatic heterocycles. The molecule has 2 aromatic carbocycles. The van der Waals surface area contributed by atoms with Crippen LogP contribution in [0.2, 0.25) is 0 Å². The molecule has 0 fully saturated rings. The van der Waals surface area contributed by atoms with Gasteiger partial charge in [0.2, 0.25) is 0 Å². The maximum absolute atomic E-state index is 12.6. The second kappa shape index (κ2) is 8.35. The van der Waals surface area contributed by atoms with Crippen LogP contribution in [0.25, 0.3) is 11.3 Å². The lowest BCUT2D eigenvalue weighted by atomic mass is 10.2. The van der Waals surface area contributed by atoms with Crippen molar-refractivity contribution in [3.05, 3.63) is 60.3 Å². The predicted molar refractivity (Wildman–Crippen MR) is 101 cm³/mol. The first-order valence-electron chi connectivity index (χ1n) is 8.59. The molecule has 0 atom stereocenters. The molecule has 1 N–H and O–H groups in total. The molecule has 0 saturated carbocycles. The quantitative estimate of drug-likeness (QED) is 0.611. The van der Waals surface area contributed by atoms with Crippen molar-refractivity contribution in [3.63, 3.8) is 0 Å². The van der Waals surface area contributed by atoms with Gasteiger partial charge in [0, 0.05) is 17.8 Å². The summed E-state index contributed by atoms with van der Waals surface area (Å²) in [4.78, 5) is 6.15. The summed E-state index contributed by atoms with van der Waals surface area (Å²) in [5.41, 5.74) is 0.523. The number of nitrogens with one attached hydrogen (secondary N) is 1. The molecule has 5 nitrogen and oxygen atoms in total. The van der Waals surface area contributed by atoms with Crippen LogP contribution in [-0.2, 0) is 6.18 Å². The number of oxazole rings is 1. The number of hydrogen-bond acceptors (Lipinski definition) is 5. The molecule has 0 amide bonds. The van der Waals surface area contributed by atoms with Crippen molar-refractivity contribution in [2.75, 3.05) is 32.6 Å². The highest BCUT2D eigenvalue weighted by molar-refractivity contribution is 5.61. The lowest BCUT2D eigenvalue weighted by Gasteiger charge is -2.11. The number of hydrogen-bond donors (Lipinski definition) is 1. The van der Waals surface area contributed by atoms with Gasteiger partial charge in [-0.05, 0) is 50.5 Å². The van der Waals surface area contributed by atoms with Gasteiger partial charge in [0.05, 0.1) is 11.8 Å². The van der Waals surface area contributed by atoms with E-state index in [0.717, 1.165) is 24.2 Å². The first kappa shape index (κ1) is 19.8. The molecule has 148 valence electrons. The van der Waals surface area contributed by atoms with Crippen molar-refractivity contribution >= 4 is 11.7 Å². The van der Waals surface area contributed by atoms with Crippen LogP contribution >= 0.6 is 0 Å². The molecule has 3 rings (SSSR count). The summed E-state index contributed by atoms with van der Waals surface area (Å²) in [6.07, 6.45) is -2.82. The van der Waals surface area contributed by atoms with Gasteiger partial charge in [-0.2, -0.15) is 13.2 Å². The monoisotopic (exact) mass is 391 g/mol. The van der Waals surface area contributed by atoms with Crippen molar-refractivity contribution in [3.8, 4) is 17.1 Å². The summed E-state index contributed by atoms with van der Waals surface area (Å²) in [6, 6.07) is 12.3. The highest BCUT2D eigenvalue weighted by atomic mass is 19.4. The topological polar surface area (TPSA) is 50.5 Å². The minimum absolute atomic E-state index is 0.189. The third-order valence-electron chi connectivity index (χ3n) is 3.89. The molecule has 0 saturated heterocycles. The minimum atomic E-state index is -4.37. The Morgan fingerprint density at radius 1 is 1.11 bits per heavy atom. The standard InChI is InChI=1S/C20H20F3N3O2/c1-26(2)10-11-27-17-5-3-4-14(12-17)18-13-24-19(28-18)25-16-8-6-15(7-9-16)20(21,22)23/h3-9,12-13H,10-11H2,1-2H3,(H,24,25). The van der Waals surface area contributed by atoms with Crippen molar-refractivity contribution in [1.82, 2.24) is 9.88 Å². The summed E-state index contributed by atoms with van der Waals surface area (Å²) in [6.45, 7) is 1.36. The van der Waals surface area contributed by atoms with Crippen molar-refractivity contribution in [1.29, 1.82) is 0 Å². The van der Waals surface area contributed by atoms with Gasteiger partial charge in [0.25, 0.3) is 6.01 Å². The van der Waals surface area contributed by atoms with E-state index in [-0.39, 0.29) is 6.01 Å². The van der Waals surface area contributed by atoms with E-state index in [1.807, 2.05) is 43.3 Å². The number of nitrogens with zero attached hydrogens (tertiary/aromatic N) is 2. The van der Waals surface area contributed by atoms with Crippen LogP contribution in [0.5, 0.6) is 5.75 Å². The van der Waals surface area contributed by atoms with Crippen molar-refractivity contribution in [2.24, 2.45) is 0 Å². The average Bonchev–Trinajstić information content (AvgIpc) is 3.10. The summed E-state index contributed by atoms with van der Waals surface area (Å²) in [7, 11) is 3.94. The third kappa shape index (κ3) is 5.26. The molecule has 0 spiro atoms. The Labute approximate surface area is 160 Å². The molecule has 0 aliphatic heterocycles. The Morgan fingerprint density at radius 2 is 1.86 bits per heavy atom. The van der Waals surface area contributed by atoms with Crippen molar-refractivity contribution < 1.29 is 22.3 Å². The maximum Gasteiger partial charge on any atom is 0.416 e. The number of ether oxygens (including phenoxy) is 1. The summed E-state index contributed by atoms with van der Waals surface area (Å²) in [5.74, 6) is 1.24. The maximum atomic E-state index is 12.6. The fourth-order valence-corrected chi connectivity index (χ4v) is 2.42. The van der Waals surface area contributed by atoms with Crippen LogP contribution in [0.15, 0.2) is 59.1 Å². The predicted octanol–water partition coefficient (Wildman–Crippen LogP) is 5.04. The Morgan fingerprint density at radius 3 is 2.54 bits per heavy atom. The van der Waals surface area contributed by atoms with Crippen LogP contribution in [0.3, 0.4) is 0 Å². The molecule has 0 bridgehead atoms. The van der Waals surface area contributed by atoms with Gasteiger partial charge < -0.3 is 19.4 Å². The summed E-state index contributed by atoms with van der Waals surface area (Å²) >= 11 is 0. The highest BCUT2D eigenvalue weighted by Gasteiger charge is 2.29. The van der Waals surface area contributed by atoms with E-state index in [1.165, 1.54) is 12.1 Å². The first-order valence-corrected chi connectivity index (χ1v) is 8.59. The van der Waals surface area contributed by atoms with Gasteiger partial charge in [-0.15, -0.1) is 0 Å². The SMILES string of the molecule is CN(C)CCOc1cccc(-c2cnc(Nc3ccc(C(F)(F)F)cc3)o2)c1. The number of anilines is 2. The van der Waals surface area contributed by atoms with Crippen molar-refractivity contribution in [2.45, 2.75) is 6.18 Å². The molecule has 0 radical (unpaired) electrons. The van der Waals surface area contributed by atoms with Gasteiger partial charge in [0.1, 0.15) is 12.4 Å². The Balaban J connectivity index is 1.67. The molecule has 0 aliphatic rings. The summed E-state index contributed by atoms with van der Waals surface area (Å²) < 4.78 is 49.2. The normalized spacial score (nSPS) is 11.6. The Hall–Kier alpha value is -3.00. The number of likely N-dealkylation sites (N-methyl/N-ethyl adjacent to an activating group) is 1. The second-order valence-corrected chi connectivity index (χ2v) is 6.41. The van der Waals surface area contributed by atoms with E-state index in [1.54, 1.807) is 6.20 Å². The lowest BCUT2D eigenvalue weighted by Crippen LogP contribution is -2.19. The highest BCUT2D eigenvalue weighted by Crippen LogP contribution is 2.31. The van der Waals surface area contributed by atoms with Gasteiger partial charge in [-0.3, -0.25) is 0 Å². The van der Waals surface area contributed by atoms with Gasteiger partial charge in [0.15, 0.2) is 5.76 Å². The molecule has 1 heterocycles. The molecule has 0 unspecified atom stereocenters. The second-order valence-electron chi connectivity index (χ2n) is 6.41. The van der Waals surface area contributed by atoms with E-state index in [4.69, 9.17) is 9.15 Å². The smallest absolute Gasteiger partial charge is 0.416 e. The van der Waals surface area contributed by atoms with Crippen LogP contribution < -0.4 is 10.1 Å². The molecule has 28 heavy (non-hydrogen) atoms. The molecule has 0 aliphatic carbocycles. The average molecular weight is 391 g/mol. The van der Waals surface area contributed by atoms with E-state index in [9.17, 15) is 13.2 Å². The molecule has 8 heteroatoms. The number of benzene rings is 2. The third-order valence-corrected chi connectivity index (χ3v) is 3.89. The number of halogens is 3. The van der Waals surface area contributed by atoms with Gasteiger partial charge in [-0.1, -0.05) is 12.1 Å². The molecular formula is C20H20F3N3O2. The lowest BCUT2D eigenvalue weighted by molar-refractivity contribution is -0.137. The van der Waals surface area contributed by atoms with E-state index < -0.39 is 11.7 Å². The number of alkyl halides is 3. The zero-order valence-corrected chi connectivity index (χ0v) is 15.5. The fourth-order valence-electron chi connectivity index (χ4n) is 2.42. The van der Waals surface area contributed by atoms with Gasteiger partial charge >= 0.3 is 6.18 Å². The number of aromatic nitrogens is 1. The number of rotatable bonds is 7. The zero-order valence-electron chi connectivity index (χ0n) is 15.5. The largest absolute Gasteiger partial charge is 0.492 e. The minimum Gasteiger partial charge on any atom is -0.492 e. The van der Waals surface area contributed by atoms with E-state index >= 15 is 0 Å².